The van der Waals surface area contributed by atoms with E-state index in [0.29, 0.717) is 29.9 Å². The molecule has 1 amide bonds. The minimum atomic E-state index is -0.189. The van der Waals surface area contributed by atoms with Gasteiger partial charge in [0.1, 0.15) is 17.2 Å². The number of fused-ring (bicyclic) bond motifs is 2. The van der Waals surface area contributed by atoms with Gasteiger partial charge in [-0.25, -0.2) is 0 Å². The molecule has 0 spiro atoms. The molecule has 3 aromatic heterocycles. The maximum absolute atomic E-state index is 12.4. The fourth-order valence-electron chi connectivity index (χ4n) is 2.79. The largest absolute Gasteiger partial charge is 0.496 e. The zero-order valence-corrected chi connectivity index (χ0v) is 13.6. The van der Waals surface area contributed by atoms with Crippen LogP contribution < -0.4 is 10.1 Å². The first-order valence-electron chi connectivity index (χ1n) is 7.88. The summed E-state index contributed by atoms with van der Waals surface area (Å²) in [5.41, 5.74) is 1.90. The lowest BCUT2D eigenvalue weighted by atomic mass is 10.1. The molecule has 0 fully saturated rings. The van der Waals surface area contributed by atoms with Crippen LogP contribution in [0.25, 0.3) is 16.6 Å². The molecule has 0 saturated heterocycles. The fourth-order valence-corrected chi connectivity index (χ4v) is 2.79. The summed E-state index contributed by atoms with van der Waals surface area (Å²) in [5, 5.41) is 12.0. The second kappa shape index (κ2) is 6.27. The summed E-state index contributed by atoms with van der Waals surface area (Å²) in [6, 6.07) is 10.9. The van der Waals surface area contributed by atoms with E-state index in [9.17, 15) is 4.79 Å². The Kier molecular flexibility index (Phi) is 3.81. The molecule has 1 aromatic carbocycles. The standard InChI is InChI=1S/C18H16N4O3/c1-24-14-10-12(11-15-13(14)6-9-25-15)18(23)19-7-5-17-21-20-16-4-2-3-8-22(16)17/h2-4,6,8-11H,5,7H2,1H3,(H,19,23). The van der Waals surface area contributed by atoms with E-state index in [-0.39, 0.29) is 5.91 Å². The summed E-state index contributed by atoms with van der Waals surface area (Å²) in [6.07, 6.45) is 4.06. The Hall–Kier alpha value is -3.35. The number of rotatable bonds is 5. The van der Waals surface area contributed by atoms with Gasteiger partial charge >= 0.3 is 0 Å². The number of amides is 1. The van der Waals surface area contributed by atoms with Crippen molar-refractivity contribution in [2.75, 3.05) is 13.7 Å². The van der Waals surface area contributed by atoms with Crippen LogP contribution in [0.3, 0.4) is 0 Å². The van der Waals surface area contributed by atoms with Gasteiger partial charge in [-0.3, -0.25) is 9.20 Å². The van der Waals surface area contributed by atoms with Crippen LogP contribution in [0.15, 0.2) is 53.3 Å². The van der Waals surface area contributed by atoms with Crippen molar-refractivity contribution in [3.63, 3.8) is 0 Å². The first-order chi connectivity index (χ1) is 12.3. The van der Waals surface area contributed by atoms with Crippen LogP contribution in [0, 0.1) is 0 Å². The van der Waals surface area contributed by atoms with Gasteiger partial charge in [-0.1, -0.05) is 6.07 Å². The van der Waals surface area contributed by atoms with Crippen molar-refractivity contribution in [1.29, 1.82) is 0 Å². The highest BCUT2D eigenvalue weighted by molar-refractivity contribution is 5.99. The molecule has 0 saturated carbocycles. The van der Waals surface area contributed by atoms with E-state index in [1.165, 1.54) is 0 Å². The SMILES string of the molecule is COc1cc(C(=O)NCCc2nnc3ccccn23)cc2occc12. The van der Waals surface area contributed by atoms with Crippen molar-refractivity contribution in [3.8, 4) is 5.75 Å². The Bertz CT molecular complexity index is 1050. The topological polar surface area (TPSA) is 81.7 Å². The van der Waals surface area contributed by atoms with Gasteiger partial charge in [-0.15, -0.1) is 10.2 Å². The molecule has 4 aromatic rings. The number of furan rings is 1. The molecule has 7 nitrogen and oxygen atoms in total. The lowest BCUT2D eigenvalue weighted by molar-refractivity contribution is 0.0953. The molecule has 0 bridgehead atoms. The van der Waals surface area contributed by atoms with Crippen LogP contribution >= 0.6 is 0 Å². The van der Waals surface area contributed by atoms with E-state index in [1.54, 1.807) is 25.5 Å². The molecule has 25 heavy (non-hydrogen) atoms. The first kappa shape index (κ1) is 15.2. The minimum absolute atomic E-state index is 0.189. The normalized spacial score (nSPS) is 11.1. The third-order valence-corrected chi connectivity index (χ3v) is 4.03. The highest BCUT2D eigenvalue weighted by Crippen LogP contribution is 2.28. The summed E-state index contributed by atoms with van der Waals surface area (Å²) in [4.78, 5) is 12.4. The van der Waals surface area contributed by atoms with Gasteiger partial charge in [0, 0.05) is 24.7 Å². The Morgan fingerprint density at radius 2 is 2.20 bits per heavy atom. The van der Waals surface area contributed by atoms with Crippen molar-refractivity contribution >= 4 is 22.5 Å². The molecule has 4 rings (SSSR count). The van der Waals surface area contributed by atoms with E-state index < -0.39 is 0 Å². The number of methoxy groups -OCH3 is 1. The van der Waals surface area contributed by atoms with Crippen LogP contribution in [0.2, 0.25) is 0 Å². The number of nitrogens with one attached hydrogen (secondary N) is 1. The average Bonchev–Trinajstić information content (AvgIpc) is 3.27. The van der Waals surface area contributed by atoms with Crippen LogP contribution in [0.1, 0.15) is 16.2 Å². The number of pyridine rings is 1. The second-order valence-corrected chi connectivity index (χ2v) is 5.56. The Labute approximate surface area is 143 Å². The van der Waals surface area contributed by atoms with Gasteiger partial charge in [0.25, 0.3) is 5.91 Å². The number of carbonyl (C=O) groups is 1. The van der Waals surface area contributed by atoms with Gasteiger partial charge in [-0.2, -0.15) is 0 Å². The number of ether oxygens (including phenoxy) is 1. The molecule has 1 N–H and O–H groups in total. The molecular formula is C18H16N4O3. The van der Waals surface area contributed by atoms with E-state index in [2.05, 4.69) is 15.5 Å². The molecule has 0 radical (unpaired) electrons. The molecule has 0 aliphatic rings. The second-order valence-electron chi connectivity index (χ2n) is 5.56. The van der Waals surface area contributed by atoms with Gasteiger partial charge in [-0.05, 0) is 30.3 Å². The number of hydrogen-bond acceptors (Lipinski definition) is 5. The van der Waals surface area contributed by atoms with Crippen LogP contribution in [0.5, 0.6) is 5.75 Å². The van der Waals surface area contributed by atoms with Gasteiger partial charge in [0.2, 0.25) is 0 Å². The molecule has 7 heteroatoms. The third-order valence-electron chi connectivity index (χ3n) is 4.03. The minimum Gasteiger partial charge on any atom is -0.496 e. The lowest BCUT2D eigenvalue weighted by Crippen LogP contribution is -2.26. The Balaban J connectivity index is 1.47. The van der Waals surface area contributed by atoms with Crippen molar-refractivity contribution in [2.24, 2.45) is 0 Å². The number of nitrogens with zero attached hydrogens (tertiary/aromatic N) is 3. The van der Waals surface area contributed by atoms with Crippen molar-refractivity contribution in [2.45, 2.75) is 6.42 Å². The van der Waals surface area contributed by atoms with Crippen molar-refractivity contribution in [3.05, 3.63) is 60.2 Å². The zero-order valence-electron chi connectivity index (χ0n) is 13.6. The molecule has 126 valence electrons. The summed E-state index contributed by atoms with van der Waals surface area (Å²) >= 11 is 0. The molecule has 0 aliphatic carbocycles. The number of hydrogen-bond donors (Lipinski definition) is 1. The van der Waals surface area contributed by atoms with Crippen molar-refractivity contribution < 1.29 is 13.9 Å². The zero-order chi connectivity index (χ0) is 17.2. The summed E-state index contributed by atoms with van der Waals surface area (Å²) in [5.74, 6) is 1.22. The van der Waals surface area contributed by atoms with Gasteiger partial charge < -0.3 is 14.5 Å². The fraction of sp³-hybridized carbons (Fsp3) is 0.167. The van der Waals surface area contributed by atoms with E-state index in [1.807, 2.05) is 34.9 Å². The number of carbonyl (C=O) groups excluding carboxylic acids is 1. The first-order valence-corrected chi connectivity index (χ1v) is 7.88. The van der Waals surface area contributed by atoms with Crippen LogP contribution in [-0.2, 0) is 6.42 Å². The summed E-state index contributed by atoms with van der Waals surface area (Å²) < 4.78 is 12.6. The van der Waals surface area contributed by atoms with Crippen LogP contribution in [0.4, 0.5) is 0 Å². The molecule has 0 aliphatic heterocycles. The quantitative estimate of drug-likeness (QED) is 0.605. The van der Waals surface area contributed by atoms with E-state index >= 15 is 0 Å². The predicted molar refractivity (Wildman–Crippen MR) is 91.8 cm³/mol. The van der Waals surface area contributed by atoms with E-state index in [4.69, 9.17) is 9.15 Å². The highest BCUT2D eigenvalue weighted by Gasteiger charge is 2.13. The smallest absolute Gasteiger partial charge is 0.251 e. The summed E-state index contributed by atoms with van der Waals surface area (Å²) in [6.45, 7) is 0.451. The average molecular weight is 336 g/mol. The van der Waals surface area contributed by atoms with Gasteiger partial charge in [0.15, 0.2) is 5.65 Å². The monoisotopic (exact) mass is 336 g/mol. The maximum Gasteiger partial charge on any atom is 0.251 e. The predicted octanol–water partition coefficient (Wildman–Crippen LogP) is 2.46. The Morgan fingerprint density at radius 3 is 3.08 bits per heavy atom. The van der Waals surface area contributed by atoms with Crippen LogP contribution in [-0.4, -0.2) is 34.2 Å². The number of aromatic nitrogens is 3. The molecule has 0 unspecified atom stereocenters. The summed E-state index contributed by atoms with van der Waals surface area (Å²) in [7, 11) is 1.57. The van der Waals surface area contributed by atoms with E-state index in [0.717, 1.165) is 16.9 Å². The van der Waals surface area contributed by atoms with Crippen molar-refractivity contribution in [1.82, 2.24) is 19.9 Å². The molecule has 3 heterocycles. The van der Waals surface area contributed by atoms with Gasteiger partial charge in [0.05, 0.1) is 18.8 Å². The Morgan fingerprint density at radius 1 is 1.28 bits per heavy atom. The maximum atomic E-state index is 12.4. The highest BCUT2D eigenvalue weighted by atomic mass is 16.5. The molecule has 0 atom stereocenters. The molecular weight excluding hydrogens is 320 g/mol. The lowest BCUT2D eigenvalue weighted by Gasteiger charge is -2.07. The number of benzene rings is 1. The third kappa shape index (κ3) is 2.80.